The minimum Gasteiger partial charge on any atom is -0.494 e. The number of para-hydroxylation sites is 1. The van der Waals surface area contributed by atoms with Crippen LogP contribution in [0.4, 0.5) is 0 Å². The van der Waals surface area contributed by atoms with Crippen molar-refractivity contribution in [3.8, 4) is 5.75 Å². The molecule has 106 valence electrons. The number of rotatable bonds is 7. The lowest BCUT2D eigenvalue weighted by atomic mass is 10.1. The monoisotopic (exact) mass is 273 g/mol. The molecule has 0 bridgehead atoms. The fourth-order valence-electron chi connectivity index (χ4n) is 1.98. The van der Waals surface area contributed by atoms with Crippen molar-refractivity contribution in [1.82, 2.24) is 5.32 Å². The number of furan rings is 1. The van der Waals surface area contributed by atoms with Crippen LogP contribution in [0.2, 0.25) is 0 Å². The van der Waals surface area contributed by atoms with E-state index in [0.717, 1.165) is 18.6 Å². The van der Waals surface area contributed by atoms with E-state index in [1.54, 1.807) is 12.1 Å². The first-order valence-corrected chi connectivity index (χ1v) is 6.83. The highest BCUT2D eigenvalue weighted by atomic mass is 16.5. The first kappa shape index (κ1) is 14.2. The minimum atomic E-state index is -0.173. The lowest BCUT2D eigenvalue weighted by Gasteiger charge is -2.10. The standard InChI is InChI=1S/C16H19NO3/c1-2-19-14-9-4-3-7-13(14)8-5-11-17-16(18)15-10-6-12-20-15/h3-4,6-7,9-10,12H,2,5,8,11H2,1H3,(H,17,18). The summed E-state index contributed by atoms with van der Waals surface area (Å²) >= 11 is 0. The van der Waals surface area contributed by atoms with Crippen LogP contribution in [-0.2, 0) is 6.42 Å². The number of hydrogen-bond acceptors (Lipinski definition) is 3. The second-order valence-electron chi connectivity index (χ2n) is 4.38. The zero-order valence-electron chi connectivity index (χ0n) is 11.6. The van der Waals surface area contributed by atoms with E-state index in [1.807, 2.05) is 25.1 Å². The van der Waals surface area contributed by atoms with Crippen molar-refractivity contribution in [2.75, 3.05) is 13.2 Å². The third-order valence-corrected chi connectivity index (χ3v) is 2.93. The van der Waals surface area contributed by atoms with Gasteiger partial charge in [0.05, 0.1) is 12.9 Å². The molecule has 2 aromatic rings. The fourth-order valence-corrected chi connectivity index (χ4v) is 1.98. The van der Waals surface area contributed by atoms with Crippen LogP contribution in [0.3, 0.4) is 0 Å². The van der Waals surface area contributed by atoms with Crippen LogP contribution in [0.15, 0.2) is 47.1 Å². The number of amides is 1. The van der Waals surface area contributed by atoms with Gasteiger partial charge in [-0.05, 0) is 43.5 Å². The van der Waals surface area contributed by atoms with Gasteiger partial charge in [0.1, 0.15) is 5.75 Å². The van der Waals surface area contributed by atoms with Crippen molar-refractivity contribution in [3.05, 3.63) is 54.0 Å². The van der Waals surface area contributed by atoms with Gasteiger partial charge in [-0.2, -0.15) is 0 Å². The molecule has 0 unspecified atom stereocenters. The molecule has 0 aliphatic rings. The number of carbonyl (C=O) groups is 1. The average molecular weight is 273 g/mol. The van der Waals surface area contributed by atoms with Gasteiger partial charge in [0, 0.05) is 6.54 Å². The van der Waals surface area contributed by atoms with Gasteiger partial charge >= 0.3 is 0 Å². The van der Waals surface area contributed by atoms with E-state index in [4.69, 9.17) is 9.15 Å². The molecule has 1 aromatic heterocycles. The molecule has 1 heterocycles. The summed E-state index contributed by atoms with van der Waals surface area (Å²) in [5, 5.41) is 2.83. The van der Waals surface area contributed by atoms with E-state index in [1.165, 1.54) is 11.8 Å². The van der Waals surface area contributed by atoms with Gasteiger partial charge in [0.15, 0.2) is 5.76 Å². The van der Waals surface area contributed by atoms with Crippen LogP contribution in [0.25, 0.3) is 0 Å². The first-order chi connectivity index (χ1) is 9.81. The van der Waals surface area contributed by atoms with Gasteiger partial charge in [-0.3, -0.25) is 4.79 Å². The fraction of sp³-hybridized carbons (Fsp3) is 0.312. The highest BCUT2D eigenvalue weighted by Crippen LogP contribution is 2.19. The summed E-state index contributed by atoms with van der Waals surface area (Å²) in [6, 6.07) is 11.3. The Bertz CT molecular complexity index is 534. The van der Waals surface area contributed by atoms with Gasteiger partial charge in [-0.15, -0.1) is 0 Å². The smallest absolute Gasteiger partial charge is 0.286 e. The summed E-state index contributed by atoms with van der Waals surface area (Å²) in [5.41, 5.74) is 1.17. The molecule has 0 atom stereocenters. The number of benzene rings is 1. The maximum Gasteiger partial charge on any atom is 0.286 e. The third-order valence-electron chi connectivity index (χ3n) is 2.93. The first-order valence-electron chi connectivity index (χ1n) is 6.83. The Hall–Kier alpha value is -2.23. The van der Waals surface area contributed by atoms with Gasteiger partial charge in [0.2, 0.25) is 0 Å². The van der Waals surface area contributed by atoms with Crippen LogP contribution in [0.5, 0.6) is 5.75 Å². The Kier molecular flexibility index (Phi) is 5.24. The summed E-state index contributed by atoms with van der Waals surface area (Å²) in [7, 11) is 0. The van der Waals surface area contributed by atoms with E-state index in [0.29, 0.717) is 18.9 Å². The summed E-state index contributed by atoms with van der Waals surface area (Å²) < 4.78 is 10.6. The second-order valence-corrected chi connectivity index (χ2v) is 4.38. The second kappa shape index (κ2) is 7.38. The molecule has 0 aliphatic heterocycles. The zero-order valence-corrected chi connectivity index (χ0v) is 11.6. The van der Waals surface area contributed by atoms with Crippen molar-refractivity contribution in [2.24, 2.45) is 0 Å². The van der Waals surface area contributed by atoms with Crippen LogP contribution < -0.4 is 10.1 Å². The van der Waals surface area contributed by atoms with Crippen molar-refractivity contribution in [2.45, 2.75) is 19.8 Å². The van der Waals surface area contributed by atoms with Crippen LogP contribution in [-0.4, -0.2) is 19.1 Å². The van der Waals surface area contributed by atoms with Crippen molar-refractivity contribution in [1.29, 1.82) is 0 Å². The van der Waals surface area contributed by atoms with Crippen LogP contribution in [0, 0.1) is 0 Å². The van der Waals surface area contributed by atoms with E-state index in [2.05, 4.69) is 11.4 Å². The van der Waals surface area contributed by atoms with Crippen LogP contribution >= 0.6 is 0 Å². The number of aryl methyl sites for hydroxylation is 1. The topological polar surface area (TPSA) is 51.5 Å². The van der Waals surface area contributed by atoms with E-state index in [-0.39, 0.29) is 5.91 Å². The Labute approximate surface area is 118 Å². The summed E-state index contributed by atoms with van der Waals surface area (Å²) in [6.07, 6.45) is 3.22. The highest BCUT2D eigenvalue weighted by molar-refractivity contribution is 5.91. The summed E-state index contributed by atoms with van der Waals surface area (Å²) in [5.74, 6) is 1.10. The lowest BCUT2D eigenvalue weighted by Crippen LogP contribution is -2.24. The van der Waals surface area contributed by atoms with Crippen molar-refractivity contribution < 1.29 is 13.9 Å². The van der Waals surface area contributed by atoms with Gasteiger partial charge < -0.3 is 14.5 Å². The summed E-state index contributed by atoms with van der Waals surface area (Å²) in [4.78, 5) is 11.7. The predicted octanol–water partition coefficient (Wildman–Crippen LogP) is 3.04. The molecule has 1 N–H and O–H groups in total. The van der Waals surface area contributed by atoms with E-state index in [9.17, 15) is 4.79 Å². The highest BCUT2D eigenvalue weighted by Gasteiger charge is 2.07. The molecule has 20 heavy (non-hydrogen) atoms. The molecule has 4 heteroatoms. The summed E-state index contributed by atoms with van der Waals surface area (Å²) in [6.45, 7) is 3.24. The Morgan fingerprint density at radius 1 is 1.25 bits per heavy atom. The van der Waals surface area contributed by atoms with Gasteiger partial charge in [-0.1, -0.05) is 18.2 Å². The Morgan fingerprint density at radius 3 is 2.85 bits per heavy atom. The normalized spacial score (nSPS) is 10.2. The van der Waals surface area contributed by atoms with Gasteiger partial charge in [0.25, 0.3) is 5.91 Å². The number of ether oxygens (including phenoxy) is 1. The number of nitrogens with one attached hydrogen (secondary N) is 1. The molecule has 0 saturated carbocycles. The van der Waals surface area contributed by atoms with E-state index >= 15 is 0 Å². The molecule has 0 saturated heterocycles. The van der Waals surface area contributed by atoms with Gasteiger partial charge in [-0.25, -0.2) is 0 Å². The maximum atomic E-state index is 11.7. The maximum absolute atomic E-state index is 11.7. The quantitative estimate of drug-likeness (QED) is 0.789. The zero-order chi connectivity index (χ0) is 14.2. The average Bonchev–Trinajstić information content (AvgIpc) is 2.99. The molecular formula is C16H19NO3. The molecule has 2 rings (SSSR count). The molecular weight excluding hydrogens is 254 g/mol. The molecule has 0 aliphatic carbocycles. The third kappa shape index (κ3) is 3.88. The van der Waals surface area contributed by atoms with Crippen LogP contribution in [0.1, 0.15) is 29.5 Å². The van der Waals surface area contributed by atoms with Crippen molar-refractivity contribution in [3.63, 3.8) is 0 Å². The van der Waals surface area contributed by atoms with Crippen molar-refractivity contribution >= 4 is 5.91 Å². The largest absolute Gasteiger partial charge is 0.494 e. The number of carbonyl (C=O) groups excluding carboxylic acids is 1. The molecule has 4 nitrogen and oxygen atoms in total. The Morgan fingerprint density at radius 2 is 2.10 bits per heavy atom. The molecule has 0 fully saturated rings. The molecule has 0 spiro atoms. The SMILES string of the molecule is CCOc1ccccc1CCCNC(=O)c1ccco1. The Balaban J connectivity index is 1.77. The predicted molar refractivity (Wildman–Crippen MR) is 77.0 cm³/mol. The molecule has 1 aromatic carbocycles. The minimum absolute atomic E-state index is 0.173. The molecule has 1 amide bonds. The number of hydrogen-bond donors (Lipinski definition) is 1. The van der Waals surface area contributed by atoms with E-state index < -0.39 is 0 Å². The molecule has 0 radical (unpaired) electrons. The lowest BCUT2D eigenvalue weighted by molar-refractivity contribution is 0.0925.